The minimum absolute atomic E-state index is 0.217. The summed E-state index contributed by atoms with van der Waals surface area (Å²) in [5, 5.41) is 4.52. The van der Waals surface area contributed by atoms with E-state index in [1.165, 1.54) is 18.2 Å². The summed E-state index contributed by atoms with van der Waals surface area (Å²) in [5.74, 6) is 0.577. The van der Waals surface area contributed by atoms with Gasteiger partial charge in [0.15, 0.2) is 0 Å². The largest absolute Gasteiger partial charge is 0.465 e. The van der Waals surface area contributed by atoms with Crippen LogP contribution < -0.4 is 5.56 Å². The lowest BCUT2D eigenvalue weighted by Gasteiger charge is -2.36. The highest BCUT2D eigenvalue weighted by Crippen LogP contribution is 2.38. The highest BCUT2D eigenvalue weighted by Gasteiger charge is 2.31. The lowest BCUT2D eigenvalue weighted by atomic mass is 9.78. The average molecular weight is 393 g/mol. The van der Waals surface area contributed by atoms with Gasteiger partial charge in [0, 0.05) is 18.4 Å². The summed E-state index contributed by atoms with van der Waals surface area (Å²) in [7, 11) is 1.35. The molecule has 152 valence electrons. The molecule has 1 fully saturated rings. The second kappa shape index (κ2) is 7.50. The molecule has 2 aliphatic heterocycles. The number of carbonyl (C=O) groups is 1. The van der Waals surface area contributed by atoms with Gasteiger partial charge in [-0.25, -0.2) is 4.79 Å². The van der Waals surface area contributed by atoms with Gasteiger partial charge < -0.3 is 9.30 Å². The van der Waals surface area contributed by atoms with Gasteiger partial charge in [0.25, 0.3) is 5.56 Å². The van der Waals surface area contributed by atoms with Gasteiger partial charge in [-0.05, 0) is 36.8 Å². The standard InChI is InChI=1S/C23H27N3O3/c1-14-9-7-11-20(16(14)3)25-12-17-21(18(13-25)23(28)29-4)24-26(22(17)27)19-10-6-5-8-15(19)2/h5-6,8,10,12-14,16,20H,7,9,11H2,1-4H3. The molecule has 1 aromatic carbocycles. The smallest absolute Gasteiger partial charge is 0.341 e. The number of nitrogens with zero attached hydrogens (tertiary/aromatic N) is 3. The van der Waals surface area contributed by atoms with E-state index in [9.17, 15) is 9.59 Å². The van der Waals surface area contributed by atoms with Crippen LogP contribution in [0.3, 0.4) is 0 Å². The molecule has 3 unspecified atom stereocenters. The van der Waals surface area contributed by atoms with Crippen LogP contribution in [0, 0.1) is 18.8 Å². The van der Waals surface area contributed by atoms with E-state index in [0.29, 0.717) is 28.7 Å². The molecule has 1 aliphatic carbocycles. The molecule has 0 radical (unpaired) electrons. The highest BCUT2D eigenvalue weighted by atomic mass is 16.5. The molecule has 6 heteroatoms. The van der Waals surface area contributed by atoms with Crippen molar-refractivity contribution in [1.29, 1.82) is 0 Å². The summed E-state index contributed by atoms with van der Waals surface area (Å²) in [5.41, 5.74) is 2.61. The van der Waals surface area contributed by atoms with Gasteiger partial charge in [0.05, 0.1) is 18.4 Å². The number of hydrogen-bond acceptors (Lipinski definition) is 4. The van der Waals surface area contributed by atoms with E-state index < -0.39 is 5.97 Å². The molecule has 0 amide bonds. The van der Waals surface area contributed by atoms with Crippen molar-refractivity contribution in [2.24, 2.45) is 11.8 Å². The second-order valence-electron chi connectivity index (χ2n) is 8.21. The Hall–Kier alpha value is -2.89. The van der Waals surface area contributed by atoms with Crippen LogP contribution in [0.4, 0.5) is 0 Å². The molecular weight excluding hydrogens is 366 g/mol. The summed E-state index contributed by atoms with van der Waals surface area (Å²) in [4.78, 5) is 25.8. The first-order valence-corrected chi connectivity index (χ1v) is 10.2. The third-order valence-electron chi connectivity index (χ3n) is 6.49. The molecule has 1 aromatic rings. The maximum Gasteiger partial charge on any atom is 0.341 e. The average Bonchev–Trinajstić information content (AvgIpc) is 3.05. The Balaban J connectivity index is 1.94. The number of para-hydroxylation sites is 1. The number of esters is 1. The van der Waals surface area contributed by atoms with Crippen LogP contribution in [0.15, 0.2) is 41.5 Å². The van der Waals surface area contributed by atoms with Crippen molar-refractivity contribution in [1.82, 2.24) is 14.3 Å². The molecule has 0 spiro atoms. The molecule has 1 saturated carbocycles. The first kappa shape index (κ1) is 19.4. The number of carbonyl (C=O) groups excluding carboxylic acids is 1. The number of aryl methyl sites for hydroxylation is 1. The highest BCUT2D eigenvalue weighted by molar-refractivity contribution is 5.96. The molecule has 0 aromatic heterocycles. The monoisotopic (exact) mass is 393 g/mol. The molecule has 3 atom stereocenters. The van der Waals surface area contributed by atoms with Gasteiger partial charge in [0.1, 0.15) is 11.3 Å². The maximum atomic E-state index is 13.3. The van der Waals surface area contributed by atoms with Gasteiger partial charge in [-0.2, -0.15) is 9.78 Å². The van der Waals surface area contributed by atoms with Crippen molar-refractivity contribution in [2.75, 3.05) is 7.11 Å². The number of ether oxygens (including phenoxy) is 1. The van der Waals surface area contributed by atoms with E-state index in [0.717, 1.165) is 24.1 Å². The van der Waals surface area contributed by atoms with Gasteiger partial charge in [-0.15, -0.1) is 0 Å². The number of rotatable bonds is 3. The van der Waals surface area contributed by atoms with Crippen LogP contribution in [0.1, 0.15) is 55.1 Å². The molecule has 0 bridgehead atoms. The molecule has 0 N–H and O–H groups in total. The Morgan fingerprint density at radius 1 is 1.17 bits per heavy atom. The second-order valence-corrected chi connectivity index (χ2v) is 8.21. The number of hydrogen-bond donors (Lipinski definition) is 0. The molecule has 29 heavy (non-hydrogen) atoms. The maximum absolute atomic E-state index is 13.3. The Kier molecular flexibility index (Phi) is 5.03. The van der Waals surface area contributed by atoms with Crippen LogP contribution >= 0.6 is 0 Å². The molecule has 2 heterocycles. The fourth-order valence-corrected chi connectivity index (χ4v) is 4.52. The summed E-state index contributed by atoms with van der Waals surface area (Å²) >= 11 is 0. The Morgan fingerprint density at radius 2 is 1.93 bits per heavy atom. The zero-order chi connectivity index (χ0) is 20.7. The fourth-order valence-electron chi connectivity index (χ4n) is 4.52. The Morgan fingerprint density at radius 3 is 2.66 bits per heavy atom. The molecule has 4 rings (SSSR count). The quantitative estimate of drug-likeness (QED) is 0.625. The van der Waals surface area contributed by atoms with Crippen molar-refractivity contribution >= 4 is 5.97 Å². The van der Waals surface area contributed by atoms with Gasteiger partial charge in [0.2, 0.25) is 0 Å². The number of methoxy groups -OCH3 is 1. The van der Waals surface area contributed by atoms with Gasteiger partial charge in [-0.3, -0.25) is 4.79 Å². The fraction of sp³-hybridized carbons (Fsp3) is 0.435. The van der Waals surface area contributed by atoms with E-state index in [2.05, 4.69) is 18.9 Å². The zero-order valence-electron chi connectivity index (χ0n) is 17.4. The topological polar surface area (TPSA) is 66.1 Å². The number of aromatic nitrogens is 3. The predicted octanol–water partition coefficient (Wildman–Crippen LogP) is 4.23. The van der Waals surface area contributed by atoms with E-state index in [1.54, 1.807) is 0 Å². The van der Waals surface area contributed by atoms with Crippen LogP contribution in [0.2, 0.25) is 0 Å². The molecule has 0 saturated heterocycles. The third-order valence-corrected chi connectivity index (χ3v) is 6.49. The van der Waals surface area contributed by atoms with Gasteiger partial charge in [-0.1, -0.05) is 44.9 Å². The van der Waals surface area contributed by atoms with Gasteiger partial charge >= 0.3 is 5.97 Å². The summed E-state index contributed by atoms with van der Waals surface area (Å²) < 4.78 is 8.44. The zero-order valence-corrected chi connectivity index (χ0v) is 17.4. The van der Waals surface area contributed by atoms with Crippen LogP contribution in [-0.2, 0) is 4.74 Å². The number of pyridine rings is 1. The summed E-state index contributed by atoms with van der Waals surface area (Å²) in [6.07, 6.45) is 7.05. The lowest BCUT2D eigenvalue weighted by molar-refractivity contribution is 0.0599. The van der Waals surface area contributed by atoms with Crippen molar-refractivity contribution in [2.45, 2.75) is 46.1 Å². The molecule has 6 nitrogen and oxygen atoms in total. The number of fused-ring (bicyclic) bond motifs is 1. The molecule has 3 aliphatic rings. The van der Waals surface area contributed by atoms with E-state index in [-0.39, 0.29) is 11.6 Å². The predicted molar refractivity (Wildman–Crippen MR) is 112 cm³/mol. The van der Waals surface area contributed by atoms with E-state index in [1.807, 2.05) is 48.1 Å². The minimum atomic E-state index is -0.477. The molecular formula is C23H27N3O3. The Labute approximate surface area is 170 Å². The Bertz CT molecular complexity index is 1080. The first-order chi connectivity index (χ1) is 13.9. The summed E-state index contributed by atoms with van der Waals surface area (Å²) in [6, 6.07) is 7.84. The van der Waals surface area contributed by atoms with Crippen molar-refractivity contribution in [3.05, 3.63) is 58.1 Å². The third kappa shape index (κ3) is 3.26. The lowest BCUT2D eigenvalue weighted by Crippen LogP contribution is -2.28. The number of benzene rings is 1. The van der Waals surface area contributed by atoms with Crippen molar-refractivity contribution < 1.29 is 9.53 Å². The van der Waals surface area contributed by atoms with Crippen LogP contribution in [0.5, 0.6) is 0 Å². The normalized spacial score (nSPS) is 22.0. The SMILES string of the molecule is COC(=O)c1cn(C2CCCC(C)C2C)cc2c(=O)n(-c3ccccc3C)nc1-2. The van der Waals surface area contributed by atoms with Crippen LogP contribution in [0.25, 0.3) is 16.9 Å². The van der Waals surface area contributed by atoms with E-state index >= 15 is 0 Å². The van der Waals surface area contributed by atoms with Crippen LogP contribution in [-0.4, -0.2) is 27.4 Å². The first-order valence-electron chi connectivity index (χ1n) is 10.2. The van der Waals surface area contributed by atoms with Crippen molar-refractivity contribution in [3.63, 3.8) is 0 Å². The van der Waals surface area contributed by atoms with E-state index in [4.69, 9.17) is 4.74 Å². The van der Waals surface area contributed by atoms with Crippen molar-refractivity contribution in [3.8, 4) is 16.9 Å². The summed E-state index contributed by atoms with van der Waals surface area (Å²) in [6.45, 7) is 6.46. The minimum Gasteiger partial charge on any atom is -0.465 e.